The highest BCUT2D eigenvalue weighted by Gasteiger charge is 2.56. The smallest absolute Gasteiger partial charge is 0.120 e. The van der Waals surface area contributed by atoms with Crippen molar-refractivity contribution in [3.63, 3.8) is 0 Å². The molecule has 2 fully saturated rings. The van der Waals surface area contributed by atoms with E-state index in [1.165, 1.54) is 0 Å². The molecule has 0 bridgehead atoms. The first-order valence-electron chi connectivity index (χ1n) is 5.10. The lowest BCUT2D eigenvalue weighted by Gasteiger charge is -2.37. The molecule has 0 aromatic rings. The molecule has 2 aliphatic rings. The van der Waals surface area contributed by atoms with Crippen LogP contribution < -0.4 is 0 Å². The average Bonchev–Trinajstić information content (AvgIpc) is 2.50. The van der Waals surface area contributed by atoms with Crippen LogP contribution in [0.4, 0.5) is 8.78 Å². The average molecular weight is 189 g/mol. The lowest BCUT2D eigenvalue weighted by atomic mass is 9.81. The van der Waals surface area contributed by atoms with Crippen molar-refractivity contribution in [1.82, 2.24) is 4.90 Å². The molecule has 3 atom stereocenters. The van der Waals surface area contributed by atoms with Gasteiger partial charge in [-0.05, 0) is 12.3 Å². The highest BCUT2D eigenvalue weighted by molar-refractivity contribution is 5.10. The van der Waals surface area contributed by atoms with Crippen molar-refractivity contribution in [3.05, 3.63) is 0 Å². The first kappa shape index (κ1) is 9.38. The van der Waals surface area contributed by atoms with Crippen molar-refractivity contribution in [1.29, 1.82) is 0 Å². The maximum atomic E-state index is 13.7. The standard InChI is InChI=1S/C10H17F2N/c1-7(2)10-5-8(11)6-13(10)4-3-9(10)12/h7-9H,3-6H2,1-2H3/t8-,9-,10+/m1/s1. The maximum Gasteiger partial charge on any atom is 0.120 e. The molecule has 2 saturated heterocycles. The Hall–Kier alpha value is -0.180. The monoisotopic (exact) mass is 189 g/mol. The van der Waals surface area contributed by atoms with E-state index in [0.29, 0.717) is 19.4 Å². The van der Waals surface area contributed by atoms with Gasteiger partial charge < -0.3 is 0 Å². The summed E-state index contributed by atoms with van der Waals surface area (Å²) < 4.78 is 27.0. The summed E-state index contributed by atoms with van der Waals surface area (Å²) in [6.45, 7) is 5.18. The summed E-state index contributed by atoms with van der Waals surface area (Å²) in [7, 11) is 0. The number of alkyl halides is 2. The predicted octanol–water partition coefficient (Wildman–Crippen LogP) is 2.17. The van der Waals surface area contributed by atoms with Crippen LogP contribution in [0, 0.1) is 5.92 Å². The summed E-state index contributed by atoms with van der Waals surface area (Å²) in [4.78, 5) is 2.02. The molecule has 2 heterocycles. The maximum absolute atomic E-state index is 13.7. The third-order valence-electron chi connectivity index (χ3n) is 3.75. The number of halogens is 2. The van der Waals surface area contributed by atoms with Gasteiger partial charge in [0.25, 0.3) is 0 Å². The molecule has 0 radical (unpaired) electrons. The summed E-state index contributed by atoms with van der Waals surface area (Å²) in [5.74, 6) is 0.214. The molecule has 0 saturated carbocycles. The molecule has 3 heteroatoms. The fraction of sp³-hybridized carbons (Fsp3) is 1.00. The van der Waals surface area contributed by atoms with E-state index in [1.54, 1.807) is 0 Å². The second-order valence-corrected chi connectivity index (χ2v) is 4.65. The van der Waals surface area contributed by atoms with E-state index in [0.717, 1.165) is 6.54 Å². The minimum Gasteiger partial charge on any atom is -0.291 e. The van der Waals surface area contributed by atoms with Crippen LogP contribution in [-0.2, 0) is 0 Å². The van der Waals surface area contributed by atoms with Gasteiger partial charge in [-0.1, -0.05) is 13.8 Å². The summed E-state index contributed by atoms with van der Waals surface area (Å²) in [6, 6.07) is 0. The molecule has 2 aliphatic heterocycles. The fourth-order valence-corrected chi connectivity index (χ4v) is 3.06. The fourth-order valence-electron chi connectivity index (χ4n) is 3.06. The van der Waals surface area contributed by atoms with E-state index < -0.39 is 17.9 Å². The number of rotatable bonds is 1. The molecule has 0 aromatic heterocycles. The zero-order chi connectivity index (χ0) is 9.64. The van der Waals surface area contributed by atoms with Crippen LogP contribution in [0.5, 0.6) is 0 Å². The first-order chi connectivity index (χ1) is 6.07. The normalized spacial score (nSPS) is 45.9. The number of hydrogen-bond acceptors (Lipinski definition) is 1. The Morgan fingerprint density at radius 3 is 2.62 bits per heavy atom. The lowest BCUT2D eigenvalue weighted by Crippen LogP contribution is -2.48. The van der Waals surface area contributed by atoms with Gasteiger partial charge in [0.1, 0.15) is 12.3 Å². The van der Waals surface area contributed by atoms with Gasteiger partial charge >= 0.3 is 0 Å². The number of hydrogen-bond donors (Lipinski definition) is 0. The van der Waals surface area contributed by atoms with Crippen molar-refractivity contribution in [2.45, 2.75) is 44.6 Å². The highest BCUT2D eigenvalue weighted by atomic mass is 19.1. The molecule has 13 heavy (non-hydrogen) atoms. The van der Waals surface area contributed by atoms with Crippen LogP contribution in [0.15, 0.2) is 0 Å². The van der Waals surface area contributed by atoms with Crippen LogP contribution in [0.2, 0.25) is 0 Å². The Kier molecular flexibility index (Phi) is 2.10. The number of nitrogens with zero attached hydrogens (tertiary/aromatic N) is 1. The molecular weight excluding hydrogens is 172 g/mol. The minimum absolute atomic E-state index is 0.214. The van der Waals surface area contributed by atoms with E-state index in [-0.39, 0.29) is 5.92 Å². The third-order valence-corrected chi connectivity index (χ3v) is 3.75. The van der Waals surface area contributed by atoms with Gasteiger partial charge in [0.15, 0.2) is 0 Å². The molecule has 0 amide bonds. The van der Waals surface area contributed by atoms with Crippen LogP contribution in [0.1, 0.15) is 26.7 Å². The van der Waals surface area contributed by atoms with Crippen molar-refractivity contribution >= 4 is 0 Å². The zero-order valence-electron chi connectivity index (χ0n) is 8.26. The zero-order valence-corrected chi connectivity index (χ0v) is 8.26. The molecule has 0 N–H and O–H groups in total. The summed E-state index contributed by atoms with van der Waals surface area (Å²) in [6.07, 6.45) is -0.661. The van der Waals surface area contributed by atoms with Crippen molar-refractivity contribution in [2.24, 2.45) is 5.92 Å². The molecule has 0 aliphatic carbocycles. The van der Waals surface area contributed by atoms with E-state index >= 15 is 0 Å². The lowest BCUT2D eigenvalue weighted by molar-refractivity contribution is 0.0687. The van der Waals surface area contributed by atoms with Gasteiger partial charge in [-0.2, -0.15) is 0 Å². The van der Waals surface area contributed by atoms with Gasteiger partial charge in [-0.3, -0.25) is 4.90 Å². The van der Waals surface area contributed by atoms with Crippen LogP contribution >= 0.6 is 0 Å². The van der Waals surface area contributed by atoms with E-state index in [1.807, 2.05) is 18.7 Å². The molecule has 0 unspecified atom stereocenters. The molecule has 1 nitrogen and oxygen atoms in total. The second kappa shape index (κ2) is 2.91. The minimum atomic E-state index is -0.826. The van der Waals surface area contributed by atoms with Gasteiger partial charge in [0.2, 0.25) is 0 Å². The van der Waals surface area contributed by atoms with Gasteiger partial charge in [0.05, 0.1) is 5.54 Å². The quantitative estimate of drug-likeness (QED) is 0.611. The van der Waals surface area contributed by atoms with Crippen LogP contribution in [-0.4, -0.2) is 35.9 Å². The Labute approximate surface area is 78.1 Å². The SMILES string of the molecule is CC(C)[C@]12C[C@@H](F)CN1CC[C@H]2F. The molecule has 0 spiro atoms. The van der Waals surface area contributed by atoms with Crippen molar-refractivity contribution in [3.8, 4) is 0 Å². The summed E-state index contributed by atoms with van der Waals surface area (Å²) in [5, 5.41) is 0. The molecule has 76 valence electrons. The topological polar surface area (TPSA) is 3.24 Å². The van der Waals surface area contributed by atoms with E-state index in [4.69, 9.17) is 0 Å². The second-order valence-electron chi connectivity index (χ2n) is 4.65. The Bertz CT molecular complexity index is 207. The van der Waals surface area contributed by atoms with E-state index in [9.17, 15) is 8.78 Å². The molecule has 0 aromatic carbocycles. The van der Waals surface area contributed by atoms with Crippen molar-refractivity contribution < 1.29 is 8.78 Å². The predicted molar refractivity (Wildman–Crippen MR) is 48.2 cm³/mol. The van der Waals surface area contributed by atoms with Gasteiger partial charge in [0, 0.05) is 19.5 Å². The third kappa shape index (κ3) is 1.13. The summed E-state index contributed by atoms with van der Waals surface area (Å²) >= 11 is 0. The van der Waals surface area contributed by atoms with Crippen molar-refractivity contribution in [2.75, 3.05) is 13.1 Å². The highest BCUT2D eigenvalue weighted by Crippen LogP contribution is 2.46. The van der Waals surface area contributed by atoms with Crippen LogP contribution in [0.25, 0.3) is 0 Å². The molecule has 2 rings (SSSR count). The number of fused-ring (bicyclic) bond motifs is 1. The van der Waals surface area contributed by atoms with Crippen LogP contribution in [0.3, 0.4) is 0 Å². The Morgan fingerprint density at radius 1 is 1.38 bits per heavy atom. The first-order valence-corrected chi connectivity index (χ1v) is 5.10. The van der Waals surface area contributed by atoms with E-state index in [2.05, 4.69) is 0 Å². The van der Waals surface area contributed by atoms with Gasteiger partial charge in [-0.15, -0.1) is 0 Å². The molecular formula is C10H17F2N. The largest absolute Gasteiger partial charge is 0.291 e. The Morgan fingerprint density at radius 2 is 2.08 bits per heavy atom. The van der Waals surface area contributed by atoms with Gasteiger partial charge in [-0.25, -0.2) is 8.78 Å². The Balaban J connectivity index is 2.28. The summed E-state index contributed by atoms with van der Waals surface area (Å²) in [5.41, 5.74) is -0.473.